The van der Waals surface area contributed by atoms with Crippen molar-refractivity contribution in [3.8, 4) is 0 Å². The van der Waals surface area contributed by atoms with E-state index < -0.39 is 5.97 Å². The lowest BCUT2D eigenvalue weighted by atomic mass is 10.4. The Kier molecular flexibility index (Phi) is 9.57. The molecule has 0 aliphatic carbocycles. The third-order valence-electron chi connectivity index (χ3n) is 1.40. The van der Waals surface area contributed by atoms with E-state index in [0.29, 0.717) is 37.9 Å². The fourth-order valence-electron chi connectivity index (χ4n) is 0.693. The fourth-order valence-corrected chi connectivity index (χ4v) is 0.802. The largest absolute Gasteiger partial charge is 0.460 e. The van der Waals surface area contributed by atoms with Gasteiger partial charge in [-0.2, -0.15) is 0 Å². The lowest BCUT2D eigenvalue weighted by molar-refractivity contribution is -0.140. The van der Waals surface area contributed by atoms with Crippen LogP contribution in [0.1, 0.15) is 6.92 Å². The average Bonchev–Trinajstić information content (AvgIpc) is 2.21. The lowest BCUT2D eigenvalue weighted by Gasteiger charge is -2.05. The summed E-state index contributed by atoms with van der Waals surface area (Å²) in [5.41, 5.74) is 0.389. The van der Waals surface area contributed by atoms with Crippen molar-refractivity contribution >= 4 is 17.6 Å². The number of alkyl halides is 1. The van der Waals surface area contributed by atoms with Gasteiger partial charge in [0, 0.05) is 11.5 Å². The monoisotopic (exact) mass is 236 g/mol. The predicted molar refractivity (Wildman–Crippen MR) is 58.1 cm³/mol. The Morgan fingerprint density at radius 3 is 2.20 bits per heavy atom. The molecular formula is C10H17ClO4. The normalized spacial score (nSPS) is 10.0. The Hall–Kier alpha value is -0.580. The van der Waals surface area contributed by atoms with Gasteiger partial charge in [0.1, 0.15) is 6.61 Å². The molecule has 5 heteroatoms. The molecule has 4 nitrogen and oxygen atoms in total. The van der Waals surface area contributed by atoms with Gasteiger partial charge in [-0.15, -0.1) is 11.6 Å². The molecule has 88 valence electrons. The van der Waals surface area contributed by atoms with Crippen molar-refractivity contribution < 1.29 is 19.0 Å². The first-order valence-corrected chi connectivity index (χ1v) is 5.26. The summed E-state index contributed by atoms with van der Waals surface area (Å²) >= 11 is 5.40. The van der Waals surface area contributed by atoms with Crippen molar-refractivity contribution in [1.82, 2.24) is 0 Å². The van der Waals surface area contributed by atoms with Crippen LogP contribution in [0.2, 0.25) is 0 Å². The van der Waals surface area contributed by atoms with Gasteiger partial charge in [0.2, 0.25) is 0 Å². The molecule has 15 heavy (non-hydrogen) atoms. The summed E-state index contributed by atoms with van der Waals surface area (Å²) in [5.74, 6) is 0.0907. The molecule has 0 rings (SSSR count). The quantitative estimate of drug-likeness (QED) is 0.263. The highest BCUT2D eigenvalue weighted by atomic mass is 35.5. The summed E-state index contributed by atoms with van der Waals surface area (Å²) in [5, 5.41) is 0. The number of carbonyl (C=O) groups excluding carboxylic acids is 1. The van der Waals surface area contributed by atoms with Crippen LogP contribution >= 0.6 is 11.6 Å². The van der Waals surface area contributed by atoms with E-state index in [1.165, 1.54) is 0 Å². The van der Waals surface area contributed by atoms with Crippen molar-refractivity contribution in [2.24, 2.45) is 0 Å². The van der Waals surface area contributed by atoms with Crippen molar-refractivity contribution in [2.75, 3.05) is 38.9 Å². The third kappa shape index (κ3) is 9.72. The zero-order valence-electron chi connectivity index (χ0n) is 8.96. The number of rotatable bonds is 9. The number of esters is 1. The van der Waals surface area contributed by atoms with Crippen LogP contribution in [0, 0.1) is 0 Å². The van der Waals surface area contributed by atoms with Gasteiger partial charge in [0.25, 0.3) is 0 Å². The van der Waals surface area contributed by atoms with Gasteiger partial charge in [0.15, 0.2) is 0 Å². The van der Waals surface area contributed by atoms with E-state index in [2.05, 4.69) is 6.58 Å². The molecule has 0 aromatic rings. The second-order valence-corrected chi connectivity index (χ2v) is 3.21. The average molecular weight is 237 g/mol. The van der Waals surface area contributed by atoms with Crippen LogP contribution in [0.25, 0.3) is 0 Å². The number of ether oxygens (including phenoxy) is 3. The molecule has 0 saturated heterocycles. The molecular weight excluding hydrogens is 220 g/mol. The summed E-state index contributed by atoms with van der Waals surface area (Å²) in [4.78, 5) is 10.9. The van der Waals surface area contributed by atoms with Crippen LogP contribution in [0.15, 0.2) is 12.2 Å². The maximum Gasteiger partial charge on any atom is 0.333 e. The molecule has 0 N–H and O–H groups in total. The van der Waals surface area contributed by atoms with Crippen LogP contribution in [0.4, 0.5) is 0 Å². The van der Waals surface area contributed by atoms with Gasteiger partial charge in [0.05, 0.1) is 26.4 Å². The van der Waals surface area contributed by atoms with Crippen molar-refractivity contribution in [3.05, 3.63) is 12.2 Å². The van der Waals surface area contributed by atoms with Gasteiger partial charge in [-0.3, -0.25) is 0 Å². The van der Waals surface area contributed by atoms with Crippen LogP contribution in [0.5, 0.6) is 0 Å². The van der Waals surface area contributed by atoms with Gasteiger partial charge in [-0.1, -0.05) is 6.58 Å². The molecule has 0 aliphatic rings. The first kappa shape index (κ1) is 14.4. The Labute approximate surface area is 95.1 Å². The minimum Gasteiger partial charge on any atom is -0.460 e. The highest BCUT2D eigenvalue weighted by Crippen LogP contribution is 1.91. The SMILES string of the molecule is C=C(C)C(=O)OCCOCCOCCCl. The molecule has 0 saturated carbocycles. The highest BCUT2D eigenvalue weighted by Gasteiger charge is 2.01. The second-order valence-electron chi connectivity index (χ2n) is 2.83. The minimum absolute atomic E-state index is 0.237. The lowest BCUT2D eigenvalue weighted by Crippen LogP contribution is -2.13. The van der Waals surface area contributed by atoms with Gasteiger partial charge < -0.3 is 14.2 Å². The second kappa shape index (κ2) is 9.96. The number of hydrogen-bond donors (Lipinski definition) is 0. The Morgan fingerprint density at radius 2 is 1.67 bits per heavy atom. The van der Waals surface area contributed by atoms with Crippen LogP contribution < -0.4 is 0 Å². The molecule has 0 radical (unpaired) electrons. The summed E-state index contributed by atoms with van der Waals surface area (Å²) < 4.78 is 15.0. The zero-order chi connectivity index (χ0) is 11.5. The molecule has 0 aromatic carbocycles. The molecule has 0 atom stereocenters. The Morgan fingerprint density at radius 1 is 1.13 bits per heavy atom. The van der Waals surface area contributed by atoms with Crippen LogP contribution in [-0.2, 0) is 19.0 Å². The van der Waals surface area contributed by atoms with E-state index in [-0.39, 0.29) is 6.61 Å². The fraction of sp³-hybridized carbons (Fsp3) is 0.700. The zero-order valence-corrected chi connectivity index (χ0v) is 9.72. The van der Waals surface area contributed by atoms with E-state index in [4.69, 9.17) is 25.8 Å². The Bertz CT molecular complexity index is 194. The molecule has 0 unspecified atom stereocenters. The highest BCUT2D eigenvalue weighted by molar-refractivity contribution is 6.17. The number of carbonyl (C=O) groups is 1. The minimum atomic E-state index is -0.392. The molecule has 0 aromatic heterocycles. The van der Waals surface area contributed by atoms with E-state index in [1.807, 2.05) is 0 Å². The predicted octanol–water partition coefficient (Wildman–Crippen LogP) is 1.38. The standard InChI is InChI=1S/C10H17ClO4/c1-9(2)10(12)15-8-7-14-6-5-13-4-3-11/h1,3-8H2,2H3. The molecule has 0 bridgehead atoms. The Balaban J connectivity index is 3.11. The van der Waals surface area contributed by atoms with E-state index in [9.17, 15) is 4.79 Å². The summed E-state index contributed by atoms with van der Waals surface area (Å²) in [6, 6.07) is 0. The third-order valence-corrected chi connectivity index (χ3v) is 1.56. The maximum atomic E-state index is 10.9. The van der Waals surface area contributed by atoms with Gasteiger partial charge in [-0.25, -0.2) is 4.79 Å². The summed E-state index contributed by atoms with van der Waals surface area (Å²) in [7, 11) is 0. The molecule has 0 fully saturated rings. The van der Waals surface area contributed by atoms with Gasteiger partial charge in [-0.05, 0) is 6.92 Å². The van der Waals surface area contributed by atoms with Crippen molar-refractivity contribution in [2.45, 2.75) is 6.92 Å². The smallest absolute Gasteiger partial charge is 0.333 e. The summed E-state index contributed by atoms with van der Waals surface area (Å²) in [6.45, 7) is 7.16. The van der Waals surface area contributed by atoms with Crippen molar-refractivity contribution in [1.29, 1.82) is 0 Å². The molecule has 0 heterocycles. The first-order valence-electron chi connectivity index (χ1n) is 4.72. The van der Waals surface area contributed by atoms with E-state index in [1.54, 1.807) is 6.92 Å². The molecule has 0 spiro atoms. The van der Waals surface area contributed by atoms with Crippen molar-refractivity contribution in [3.63, 3.8) is 0 Å². The molecule has 0 aliphatic heterocycles. The summed E-state index contributed by atoms with van der Waals surface area (Å²) in [6.07, 6.45) is 0. The topological polar surface area (TPSA) is 44.8 Å². The van der Waals surface area contributed by atoms with Crippen LogP contribution in [-0.4, -0.2) is 44.9 Å². The number of hydrogen-bond acceptors (Lipinski definition) is 4. The van der Waals surface area contributed by atoms with E-state index in [0.717, 1.165) is 0 Å². The molecule has 0 amide bonds. The van der Waals surface area contributed by atoms with E-state index >= 15 is 0 Å². The first-order chi connectivity index (χ1) is 7.18. The maximum absolute atomic E-state index is 10.9. The van der Waals surface area contributed by atoms with Gasteiger partial charge >= 0.3 is 5.97 Å². The van der Waals surface area contributed by atoms with Crippen LogP contribution in [0.3, 0.4) is 0 Å². The number of halogens is 1.